The van der Waals surface area contributed by atoms with E-state index in [0.717, 1.165) is 29.2 Å². The van der Waals surface area contributed by atoms with Crippen molar-refractivity contribution in [3.8, 4) is 28.0 Å². The first-order chi connectivity index (χ1) is 18.3. The van der Waals surface area contributed by atoms with Crippen LogP contribution in [0.1, 0.15) is 29.2 Å². The van der Waals surface area contributed by atoms with E-state index in [2.05, 4.69) is 4.98 Å². The number of ether oxygens (including phenoxy) is 1. The third-order valence-electron chi connectivity index (χ3n) is 6.67. The molecule has 0 saturated heterocycles. The van der Waals surface area contributed by atoms with Crippen LogP contribution >= 0.6 is 0 Å². The minimum atomic E-state index is -4.55. The van der Waals surface area contributed by atoms with E-state index >= 15 is 0 Å². The quantitative estimate of drug-likeness (QED) is 0.210. The molecule has 192 valence electrons. The number of fused-ring (bicyclic) bond motifs is 1. The third kappa shape index (κ3) is 4.99. The molecule has 0 unspecified atom stereocenters. The van der Waals surface area contributed by atoms with Gasteiger partial charge in [0.1, 0.15) is 18.2 Å². The van der Waals surface area contributed by atoms with Gasteiger partial charge < -0.3 is 4.74 Å². The van der Waals surface area contributed by atoms with E-state index in [4.69, 9.17) is 4.74 Å². The first kappa shape index (κ1) is 25.5. The zero-order valence-corrected chi connectivity index (χ0v) is 20.9. The number of benzene rings is 4. The van der Waals surface area contributed by atoms with Gasteiger partial charge in [0.15, 0.2) is 0 Å². The molecule has 1 heterocycles. The summed E-state index contributed by atoms with van der Waals surface area (Å²) < 4.78 is 61.9. The van der Waals surface area contributed by atoms with Crippen LogP contribution < -0.4 is 4.74 Å². The van der Waals surface area contributed by atoms with Gasteiger partial charge >= 0.3 is 6.18 Å². The molecule has 0 aliphatic carbocycles. The van der Waals surface area contributed by atoms with Gasteiger partial charge in [0.25, 0.3) is 0 Å². The number of alkyl halides is 3. The van der Waals surface area contributed by atoms with Crippen LogP contribution in [0, 0.1) is 12.7 Å². The molecule has 5 rings (SSSR count). The molecule has 5 aromatic rings. The zero-order chi connectivity index (χ0) is 26.9. The summed E-state index contributed by atoms with van der Waals surface area (Å²) in [5, 5.41) is 0.388. The first-order valence-electron chi connectivity index (χ1n) is 12.3. The lowest BCUT2D eigenvalue weighted by atomic mass is 9.90. The van der Waals surface area contributed by atoms with Crippen LogP contribution in [0.5, 0.6) is 5.75 Å². The van der Waals surface area contributed by atoms with E-state index in [-0.39, 0.29) is 17.9 Å². The SMILES string of the molecule is CCc1ccc(F)c(COc2cccc(-c3c(-c4ccccc4C)cnc4c(C(F)(F)F)cccc34)c2)c1. The van der Waals surface area contributed by atoms with Gasteiger partial charge in [-0.2, -0.15) is 13.2 Å². The number of nitrogens with zero attached hydrogens (tertiary/aromatic N) is 1. The number of hydrogen-bond donors (Lipinski definition) is 0. The second-order valence-corrected chi connectivity index (χ2v) is 9.16. The Kier molecular flexibility index (Phi) is 6.89. The molecular formula is C32H25F4NO. The normalized spacial score (nSPS) is 11.6. The second-order valence-electron chi connectivity index (χ2n) is 9.16. The topological polar surface area (TPSA) is 22.1 Å². The van der Waals surface area contributed by atoms with Gasteiger partial charge in [-0.1, -0.05) is 61.5 Å². The van der Waals surface area contributed by atoms with E-state index in [1.807, 2.05) is 44.2 Å². The van der Waals surface area contributed by atoms with Gasteiger partial charge in [0.05, 0.1) is 11.1 Å². The summed E-state index contributed by atoms with van der Waals surface area (Å²) in [4.78, 5) is 4.28. The highest BCUT2D eigenvalue weighted by Crippen LogP contribution is 2.42. The average Bonchev–Trinajstić information content (AvgIpc) is 2.91. The van der Waals surface area contributed by atoms with Gasteiger partial charge in [0, 0.05) is 28.3 Å². The molecule has 0 atom stereocenters. The number of hydrogen-bond acceptors (Lipinski definition) is 2. The van der Waals surface area contributed by atoms with Crippen molar-refractivity contribution in [1.82, 2.24) is 4.98 Å². The van der Waals surface area contributed by atoms with Crippen molar-refractivity contribution in [2.45, 2.75) is 33.1 Å². The molecule has 0 radical (unpaired) electrons. The summed E-state index contributed by atoms with van der Waals surface area (Å²) in [6, 6.07) is 23.9. The number of pyridine rings is 1. The second kappa shape index (κ2) is 10.3. The van der Waals surface area contributed by atoms with Gasteiger partial charge in [-0.05, 0) is 65.9 Å². The van der Waals surface area contributed by atoms with Crippen molar-refractivity contribution < 1.29 is 22.3 Å². The van der Waals surface area contributed by atoms with Crippen LogP contribution in [0.15, 0.2) is 91.1 Å². The molecule has 0 fully saturated rings. The van der Waals surface area contributed by atoms with Crippen LogP contribution in [0.4, 0.5) is 17.6 Å². The summed E-state index contributed by atoms with van der Waals surface area (Å²) in [6.45, 7) is 3.98. The lowest BCUT2D eigenvalue weighted by Gasteiger charge is -2.18. The molecule has 0 amide bonds. The Morgan fingerprint density at radius 1 is 0.842 bits per heavy atom. The summed E-state index contributed by atoms with van der Waals surface area (Å²) in [5.41, 5.74) is 4.41. The molecule has 0 saturated carbocycles. The van der Waals surface area contributed by atoms with Gasteiger partial charge in [0.2, 0.25) is 0 Å². The molecule has 38 heavy (non-hydrogen) atoms. The minimum absolute atomic E-state index is 0.0308. The van der Waals surface area contributed by atoms with E-state index in [9.17, 15) is 17.6 Å². The number of aryl methyl sites for hydroxylation is 2. The maximum absolute atomic E-state index is 14.4. The fourth-order valence-corrected chi connectivity index (χ4v) is 4.70. The van der Waals surface area contributed by atoms with Crippen molar-refractivity contribution in [1.29, 1.82) is 0 Å². The third-order valence-corrected chi connectivity index (χ3v) is 6.67. The van der Waals surface area contributed by atoms with Gasteiger partial charge in [-0.3, -0.25) is 4.98 Å². The predicted octanol–water partition coefficient (Wildman–Crippen LogP) is 9.18. The highest BCUT2D eigenvalue weighted by atomic mass is 19.4. The summed E-state index contributed by atoms with van der Waals surface area (Å²) in [6.07, 6.45) is -2.26. The molecule has 1 aromatic heterocycles. The largest absolute Gasteiger partial charge is 0.489 e. The van der Waals surface area contributed by atoms with Crippen LogP contribution in [0.25, 0.3) is 33.2 Å². The van der Waals surface area contributed by atoms with Crippen LogP contribution in [-0.4, -0.2) is 4.98 Å². The lowest BCUT2D eigenvalue weighted by Crippen LogP contribution is -2.07. The Balaban J connectivity index is 1.65. The van der Waals surface area contributed by atoms with E-state index in [1.165, 1.54) is 18.3 Å². The van der Waals surface area contributed by atoms with Crippen LogP contribution in [0.2, 0.25) is 0 Å². The minimum Gasteiger partial charge on any atom is -0.489 e. The standard InChI is InChI=1S/C32H25F4NO/c1-3-21-14-15-29(33)23(16-21)19-38-24-10-6-9-22(17-24)30-26-12-7-13-28(32(34,35)36)31(26)37-18-27(30)25-11-5-4-8-20(25)2/h4-18H,3,19H2,1-2H3. The fourth-order valence-electron chi connectivity index (χ4n) is 4.70. The Morgan fingerprint density at radius 3 is 2.39 bits per heavy atom. The van der Waals surface area contributed by atoms with E-state index in [0.29, 0.717) is 33.4 Å². The maximum Gasteiger partial charge on any atom is 0.418 e. The Labute approximate surface area is 218 Å². The van der Waals surface area contributed by atoms with Gasteiger partial charge in [-0.15, -0.1) is 0 Å². The molecule has 0 aliphatic rings. The Morgan fingerprint density at radius 2 is 1.63 bits per heavy atom. The lowest BCUT2D eigenvalue weighted by molar-refractivity contribution is -0.136. The highest BCUT2D eigenvalue weighted by molar-refractivity contribution is 6.03. The Hall–Kier alpha value is -4.19. The number of para-hydroxylation sites is 1. The highest BCUT2D eigenvalue weighted by Gasteiger charge is 2.33. The molecule has 0 spiro atoms. The Bertz CT molecular complexity index is 1620. The summed E-state index contributed by atoms with van der Waals surface area (Å²) in [5.74, 6) is 0.136. The molecule has 0 N–H and O–H groups in total. The zero-order valence-electron chi connectivity index (χ0n) is 20.9. The van der Waals surface area contributed by atoms with E-state index in [1.54, 1.807) is 36.4 Å². The number of rotatable bonds is 6. The van der Waals surface area contributed by atoms with Crippen molar-refractivity contribution in [3.05, 3.63) is 119 Å². The first-order valence-corrected chi connectivity index (χ1v) is 12.3. The molecule has 4 aromatic carbocycles. The number of aromatic nitrogens is 1. The predicted molar refractivity (Wildman–Crippen MR) is 142 cm³/mol. The van der Waals surface area contributed by atoms with Crippen molar-refractivity contribution in [2.24, 2.45) is 0 Å². The van der Waals surface area contributed by atoms with Gasteiger partial charge in [-0.25, -0.2) is 4.39 Å². The molecule has 2 nitrogen and oxygen atoms in total. The maximum atomic E-state index is 14.4. The molecule has 0 aliphatic heterocycles. The number of halogens is 4. The fraction of sp³-hybridized carbons (Fsp3) is 0.156. The molecular weight excluding hydrogens is 490 g/mol. The van der Waals surface area contributed by atoms with Crippen molar-refractivity contribution >= 4 is 10.9 Å². The molecule has 0 bridgehead atoms. The summed E-state index contributed by atoms with van der Waals surface area (Å²) >= 11 is 0. The summed E-state index contributed by atoms with van der Waals surface area (Å²) in [7, 11) is 0. The van der Waals surface area contributed by atoms with Crippen LogP contribution in [-0.2, 0) is 19.2 Å². The van der Waals surface area contributed by atoms with Crippen molar-refractivity contribution in [2.75, 3.05) is 0 Å². The average molecular weight is 516 g/mol. The molecule has 6 heteroatoms. The van der Waals surface area contributed by atoms with Crippen LogP contribution in [0.3, 0.4) is 0 Å². The smallest absolute Gasteiger partial charge is 0.418 e. The van der Waals surface area contributed by atoms with Crippen molar-refractivity contribution in [3.63, 3.8) is 0 Å². The van der Waals surface area contributed by atoms with E-state index < -0.39 is 11.7 Å². The monoisotopic (exact) mass is 515 g/mol.